The van der Waals surface area contributed by atoms with Gasteiger partial charge in [-0.3, -0.25) is 9.69 Å². The van der Waals surface area contributed by atoms with Crippen molar-refractivity contribution in [3.63, 3.8) is 0 Å². The van der Waals surface area contributed by atoms with Crippen LogP contribution < -0.4 is 0 Å². The Morgan fingerprint density at radius 3 is 2.68 bits per heavy atom. The fraction of sp³-hybridized carbons (Fsp3) is 0.400. The summed E-state index contributed by atoms with van der Waals surface area (Å²) in [5.41, 5.74) is 1.09. The van der Waals surface area contributed by atoms with E-state index in [4.69, 9.17) is 0 Å². The van der Waals surface area contributed by atoms with Gasteiger partial charge in [0.2, 0.25) is 5.91 Å². The molecule has 1 unspecified atom stereocenters. The largest absolute Gasteiger partial charge is 0.334 e. The number of hydrogen-bond acceptors (Lipinski definition) is 2. The number of piperazine rings is 1. The lowest BCUT2D eigenvalue weighted by Crippen LogP contribution is -2.53. The normalized spacial score (nSPS) is 20.3. The van der Waals surface area contributed by atoms with Gasteiger partial charge < -0.3 is 4.90 Å². The molecule has 19 heavy (non-hydrogen) atoms. The molecule has 1 aromatic carbocycles. The average Bonchev–Trinajstić information content (AvgIpc) is 2.41. The number of carbonyl (C=O) groups excluding carboxylic acids is 1. The standard InChI is InChI=1S/C15H19FN2O/c1-3-15(19)18-9-8-17(10-12(18)2)11-13-4-6-14(16)7-5-13/h3-7,12H,1,8-11H2,2H3. The quantitative estimate of drug-likeness (QED) is 0.778. The van der Waals surface area contributed by atoms with Gasteiger partial charge in [-0.05, 0) is 30.7 Å². The van der Waals surface area contributed by atoms with Crippen LogP contribution in [0.3, 0.4) is 0 Å². The third kappa shape index (κ3) is 3.41. The number of carbonyl (C=O) groups is 1. The molecular weight excluding hydrogens is 243 g/mol. The van der Waals surface area contributed by atoms with Gasteiger partial charge in [-0.1, -0.05) is 18.7 Å². The second-order valence-electron chi connectivity index (χ2n) is 4.95. The Hall–Kier alpha value is -1.68. The van der Waals surface area contributed by atoms with Gasteiger partial charge in [-0.2, -0.15) is 0 Å². The smallest absolute Gasteiger partial charge is 0.246 e. The monoisotopic (exact) mass is 262 g/mol. The molecule has 1 amide bonds. The van der Waals surface area contributed by atoms with Crippen LogP contribution in [0.4, 0.5) is 4.39 Å². The van der Waals surface area contributed by atoms with Gasteiger partial charge in [0.15, 0.2) is 0 Å². The lowest BCUT2D eigenvalue weighted by atomic mass is 10.1. The highest BCUT2D eigenvalue weighted by Crippen LogP contribution is 2.14. The molecule has 0 bridgehead atoms. The average molecular weight is 262 g/mol. The zero-order valence-electron chi connectivity index (χ0n) is 11.2. The zero-order valence-corrected chi connectivity index (χ0v) is 11.2. The highest BCUT2D eigenvalue weighted by atomic mass is 19.1. The summed E-state index contributed by atoms with van der Waals surface area (Å²) in [5.74, 6) is -0.215. The molecule has 102 valence electrons. The number of hydrogen-bond donors (Lipinski definition) is 0. The molecule has 3 nitrogen and oxygen atoms in total. The Morgan fingerprint density at radius 2 is 2.11 bits per heavy atom. The Balaban J connectivity index is 1.93. The summed E-state index contributed by atoms with van der Waals surface area (Å²) in [4.78, 5) is 15.8. The molecule has 1 aromatic rings. The number of amides is 1. The van der Waals surface area contributed by atoms with Crippen molar-refractivity contribution in [1.82, 2.24) is 9.80 Å². The van der Waals surface area contributed by atoms with E-state index >= 15 is 0 Å². The van der Waals surface area contributed by atoms with Crippen molar-refractivity contribution in [3.8, 4) is 0 Å². The molecule has 0 N–H and O–H groups in total. The van der Waals surface area contributed by atoms with Crippen LogP contribution in [0.5, 0.6) is 0 Å². The van der Waals surface area contributed by atoms with E-state index in [1.54, 1.807) is 12.1 Å². The van der Waals surface area contributed by atoms with Crippen LogP contribution in [-0.2, 0) is 11.3 Å². The zero-order chi connectivity index (χ0) is 13.8. The van der Waals surface area contributed by atoms with Gasteiger partial charge in [0, 0.05) is 32.2 Å². The number of benzene rings is 1. The third-order valence-corrected chi connectivity index (χ3v) is 3.49. The van der Waals surface area contributed by atoms with E-state index in [9.17, 15) is 9.18 Å². The van der Waals surface area contributed by atoms with Gasteiger partial charge >= 0.3 is 0 Å². The first-order valence-electron chi connectivity index (χ1n) is 6.50. The van der Waals surface area contributed by atoms with E-state index in [1.807, 2.05) is 11.8 Å². The van der Waals surface area contributed by atoms with Crippen LogP contribution >= 0.6 is 0 Å². The number of rotatable bonds is 3. The Bertz CT molecular complexity index is 458. The van der Waals surface area contributed by atoms with E-state index in [-0.39, 0.29) is 17.8 Å². The minimum atomic E-state index is -0.210. The molecule has 1 aliphatic heterocycles. The molecule has 1 aliphatic rings. The van der Waals surface area contributed by atoms with Crippen molar-refractivity contribution >= 4 is 5.91 Å². The molecule has 2 rings (SSSR count). The highest BCUT2D eigenvalue weighted by Gasteiger charge is 2.25. The van der Waals surface area contributed by atoms with Gasteiger partial charge in [0.05, 0.1) is 0 Å². The van der Waals surface area contributed by atoms with E-state index in [0.29, 0.717) is 6.54 Å². The summed E-state index contributed by atoms with van der Waals surface area (Å²) < 4.78 is 12.8. The maximum absolute atomic E-state index is 12.8. The fourth-order valence-electron chi connectivity index (χ4n) is 2.47. The van der Waals surface area contributed by atoms with Crippen molar-refractivity contribution in [3.05, 3.63) is 48.3 Å². The summed E-state index contributed by atoms with van der Waals surface area (Å²) in [6, 6.07) is 6.76. The van der Waals surface area contributed by atoms with Crippen LogP contribution in [0.25, 0.3) is 0 Å². The predicted molar refractivity (Wildman–Crippen MR) is 73.0 cm³/mol. The molecule has 0 spiro atoms. The van der Waals surface area contributed by atoms with Gasteiger partial charge in [-0.15, -0.1) is 0 Å². The van der Waals surface area contributed by atoms with E-state index in [2.05, 4.69) is 11.5 Å². The summed E-state index contributed by atoms with van der Waals surface area (Å²) in [6.45, 7) is 8.74. The SMILES string of the molecule is C=CC(=O)N1CCN(Cc2ccc(F)cc2)CC1C. The van der Waals surface area contributed by atoms with Crippen LogP contribution in [0.2, 0.25) is 0 Å². The van der Waals surface area contributed by atoms with Crippen molar-refractivity contribution < 1.29 is 9.18 Å². The molecule has 1 atom stereocenters. The fourth-order valence-corrected chi connectivity index (χ4v) is 2.47. The minimum absolute atomic E-state index is 0.00562. The molecule has 0 radical (unpaired) electrons. The maximum atomic E-state index is 12.8. The van der Waals surface area contributed by atoms with Crippen LogP contribution in [0, 0.1) is 5.82 Å². The summed E-state index contributed by atoms with van der Waals surface area (Å²) in [6.07, 6.45) is 1.37. The van der Waals surface area contributed by atoms with Crippen LogP contribution in [0.1, 0.15) is 12.5 Å². The Kier molecular flexibility index (Phi) is 4.32. The first-order chi connectivity index (χ1) is 9.10. The summed E-state index contributed by atoms with van der Waals surface area (Å²) >= 11 is 0. The third-order valence-electron chi connectivity index (χ3n) is 3.49. The first kappa shape index (κ1) is 13.7. The van der Waals surface area contributed by atoms with Gasteiger partial charge in [0.25, 0.3) is 0 Å². The second-order valence-corrected chi connectivity index (χ2v) is 4.95. The lowest BCUT2D eigenvalue weighted by molar-refractivity contribution is -0.130. The van der Waals surface area contributed by atoms with Crippen molar-refractivity contribution in [2.45, 2.75) is 19.5 Å². The van der Waals surface area contributed by atoms with Gasteiger partial charge in [-0.25, -0.2) is 4.39 Å². The Labute approximate surface area is 113 Å². The topological polar surface area (TPSA) is 23.6 Å². The lowest BCUT2D eigenvalue weighted by Gasteiger charge is -2.39. The van der Waals surface area contributed by atoms with Crippen LogP contribution in [0.15, 0.2) is 36.9 Å². The maximum Gasteiger partial charge on any atom is 0.246 e. The molecule has 0 aromatic heterocycles. The highest BCUT2D eigenvalue weighted by molar-refractivity contribution is 5.87. The van der Waals surface area contributed by atoms with E-state index < -0.39 is 0 Å². The van der Waals surface area contributed by atoms with E-state index in [1.165, 1.54) is 18.2 Å². The first-order valence-corrected chi connectivity index (χ1v) is 6.50. The molecule has 0 saturated carbocycles. The molecule has 1 fully saturated rings. The summed E-state index contributed by atoms with van der Waals surface area (Å²) in [5, 5.41) is 0. The molecule has 1 saturated heterocycles. The molecular formula is C15H19FN2O. The number of nitrogens with zero attached hydrogens (tertiary/aromatic N) is 2. The van der Waals surface area contributed by atoms with Crippen molar-refractivity contribution in [2.75, 3.05) is 19.6 Å². The molecule has 4 heteroatoms. The van der Waals surface area contributed by atoms with Crippen LogP contribution in [-0.4, -0.2) is 41.4 Å². The molecule has 1 heterocycles. The van der Waals surface area contributed by atoms with Gasteiger partial charge in [0.1, 0.15) is 5.82 Å². The van der Waals surface area contributed by atoms with Crippen molar-refractivity contribution in [1.29, 1.82) is 0 Å². The second kappa shape index (κ2) is 5.97. The number of halogens is 1. The molecule has 0 aliphatic carbocycles. The predicted octanol–water partition coefficient (Wildman–Crippen LogP) is 2.04. The van der Waals surface area contributed by atoms with Crippen molar-refractivity contribution in [2.24, 2.45) is 0 Å². The van der Waals surface area contributed by atoms with E-state index in [0.717, 1.165) is 25.2 Å². The minimum Gasteiger partial charge on any atom is -0.334 e. The Morgan fingerprint density at radius 1 is 1.42 bits per heavy atom. The summed E-state index contributed by atoms with van der Waals surface area (Å²) in [7, 11) is 0.